The molecule has 1 heterocycles. The summed E-state index contributed by atoms with van der Waals surface area (Å²) >= 11 is 0. The molecule has 112 valence electrons. The second-order valence-electron chi connectivity index (χ2n) is 4.68. The van der Waals surface area contributed by atoms with Gasteiger partial charge in [0.25, 0.3) is 0 Å². The van der Waals surface area contributed by atoms with Gasteiger partial charge in [0.2, 0.25) is 17.8 Å². The topological polar surface area (TPSA) is 115 Å². The highest BCUT2D eigenvalue weighted by molar-refractivity contribution is 5.83. The maximum Gasteiger partial charge on any atom is 0.323 e. The molecule has 1 amide bonds. The Bertz CT molecular complexity index is 452. The molecule has 1 rings (SSSR count). The summed E-state index contributed by atoms with van der Waals surface area (Å²) < 4.78 is 5.30. The van der Waals surface area contributed by atoms with Gasteiger partial charge in [0, 0.05) is 6.04 Å². The molecule has 0 saturated heterocycles. The number of carbonyl (C=O) groups excluding carboxylic acids is 1. The lowest BCUT2D eigenvalue weighted by Crippen LogP contribution is -2.41. The molecule has 1 aromatic rings. The predicted octanol–water partition coefficient (Wildman–Crippen LogP) is 0.568. The zero-order valence-electron chi connectivity index (χ0n) is 12.3. The van der Waals surface area contributed by atoms with E-state index in [1.807, 2.05) is 20.8 Å². The van der Waals surface area contributed by atoms with Crippen molar-refractivity contribution in [3.05, 3.63) is 0 Å². The number of carbonyl (C=O) groups is 1. The number of nitrogens with two attached hydrogens (primary N) is 1. The third-order valence-corrected chi connectivity index (χ3v) is 2.24. The average Bonchev–Trinajstić information content (AvgIpc) is 2.34. The van der Waals surface area contributed by atoms with Gasteiger partial charge in [0.05, 0.1) is 6.61 Å². The van der Waals surface area contributed by atoms with Crippen LogP contribution in [-0.4, -0.2) is 39.5 Å². The molecule has 1 aromatic heterocycles. The van der Waals surface area contributed by atoms with Gasteiger partial charge in [-0.3, -0.25) is 4.79 Å². The summed E-state index contributed by atoms with van der Waals surface area (Å²) in [4.78, 5) is 23.6. The van der Waals surface area contributed by atoms with E-state index in [4.69, 9.17) is 10.5 Å². The first-order chi connectivity index (χ1) is 9.42. The maximum atomic E-state index is 11.8. The first-order valence-corrected chi connectivity index (χ1v) is 6.63. The van der Waals surface area contributed by atoms with Crippen molar-refractivity contribution in [2.75, 3.05) is 17.7 Å². The maximum absolute atomic E-state index is 11.8. The van der Waals surface area contributed by atoms with E-state index in [1.165, 1.54) is 0 Å². The molecule has 0 aromatic carbocycles. The van der Waals surface area contributed by atoms with Crippen LogP contribution in [0.15, 0.2) is 0 Å². The summed E-state index contributed by atoms with van der Waals surface area (Å²) in [6.07, 6.45) is 0.835. The molecular weight excluding hydrogens is 260 g/mol. The van der Waals surface area contributed by atoms with E-state index in [0.717, 1.165) is 6.42 Å². The molecule has 0 radical (unpaired) electrons. The minimum Gasteiger partial charge on any atom is -0.463 e. The second kappa shape index (κ2) is 7.46. The predicted molar refractivity (Wildman–Crippen MR) is 76.4 cm³/mol. The Labute approximate surface area is 118 Å². The summed E-state index contributed by atoms with van der Waals surface area (Å²) in [7, 11) is 0. The normalized spacial score (nSPS) is 12.1. The summed E-state index contributed by atoms with van der Waals surface area (Å²) in [6, 6.07) is -0.268. The molecule has 8 nitrogen and oxygen atoms in total. The fourth-order valence-electron chi connectivity index (χ4n) is 1.36. The fraction of sp³-hybridized carbons (Fsp3) is 0.667. The Kier molecular flexibility index (Phi) is 5.95. The zero-order chi connectivity index (χ0) is 15.1. The van der Waals surface area contributed by atoms with Gasteiger partial charge in [-0.05, 0) is 27.2 Å². The molecule has 0 aliphatic heterocycles. The van der Waals surface area contributed by atoms with Crippen LogP contribution < -0.4 is 21.1 Å². The van der Waals surface area contributed by atoms with Crippen molar-refractivity contribution in [1.29, 1.82) is 0 Å². The average molecular weight is 282 g/mol. The van der Waals surface area contributed by atoms with Crippen LogP contribution in [0.25, 0.3) is 0 Å². The lowest BCUT2D eigenvalue weighted by atomic mass is 10.3. The first kappa shape index (κ1) is 15.9. The number of hydrogen-bond donors (Lipinski definition) is 3. The lowest BCUT2D eigenvalue weighted by Gasteiger charge is -2.16. The molecule has 0 fully saturated rings. The molecule has 4 N–H and O–H groups in total. The van der Waals surface area contributed by atoms with E-state index in [0.29, 0.717) is 6.61 Å². The van der Waals surface area contributed by atoms with Gasteiger partial charge in [-0.1, -0.05) is 6.92 Å². The summed E-state index contributed by atoms with van der Waals surface area (Å²) in [6.45, 7) is 7.96. The van der Waals surface area contributed by atoms with Gasteiger partial charge in [0.15, 0.2) is 0 Å². The summed E-state index contributed by atoms with van der Waals surface area (Å²) in [5.41, 5.74) is 5.58. The van der Waals surface area contributed by atoms with Gasteiger partial charge < -0.3 is 21.1 Å². The number of ether oxygens (including phenoxy) is 1. The monoisotopic (exact) mass is 282 g/mol. The van der Waals surface area contributed by atoms with Gasteiger partial charge in [-0.2, -0.15) is 15.0 Å². The molecule has 0 saturated carbocycles. The van der Waals surface area contributed by atoms with Crippen LogP contribution in [0.4, 0.5) is 11.9 Å². The van der Waals surface area contributed by atoms with Crippen molar-refractivity contribution in [3.8, 4) is 6.01 Å². The van der Waals surface area contributed by atoms with Crippen LogP contribution in [0.3, 0.4) is 0 Å². The third kappa shape index (κ3) is 5.25. The van der Waals surface area contributed by atoms with E-state index in [1.54, 1.807) is 6.92 Å². The van der Waals surface area contributed by atoms with Gasteiger partial charge in [0.1, 0.15) is 6.04 Å². The van der Waals surface area contributed by atoms with Gasteiger partial charge in [-0.25, -0.2) is 0 Å². The highest BCUT2D eigenvalue weighted by Crippen LogP contribution is 2.10. The number of nitrogens with one attached hydrogen (secondary N) is 2. The minimum atomic E-state index is -0.488. The van der Waals surface area contributed by atoms with Crippen molar-refractivity contribution in [1.82, 2.24) is 20.3 Å². The number of rotatable bonds is 7. The summed E-state index contributed by atoms with van der Waals surface area (Å²) in [5, 5.41) is 5.66. The third-order valence-electron chi connectivity index (χ3n) is 2.24. The molecular formula is C12H22N6O2. The van der Waals surface area contributed by atoms with Gasteiger partial charge >= 0.3 is 6.01 Å². The number of hydrogen-bond acceptors (Lipinski definition) is 7. The smallest absolute Gasteiger partial charge is 0.323 e. The Morgan fingerprint density at radius 1 is 1.30 bits per heavy atom. The fourth-order valence-corrected chi connectivity index (χ4v) is 1.36. The Morgan fingerprint density at radius 2 is 2.00 bits per heavy atom. The van der Waals surface area contributed by atoms with E-state index in [-0.39, 0.29) is 29.9 Å². The molecule has 20 heavy (non-hydrogen) atoms. The van der Waals surface area contributed by atoms with Crippen LogP contribution in [0.2, 0.25) is 0 Å². The number of anilines is 2. The largest absolute Gasteiger partial charge is 0.463 e. The van der Waals surface area contributed by atoms with Crippen LogP contribution in [0.5, 0.6) is 6.01 Å². The van der Waals surface area contributed by atoms with Crippen LogP contribution in [0, 0.1) is 0 Å². The van der Waals surface area contributed by atoms with E-state index < -0.39 is 6.04 Å². The molecule has 0 aliphatic carbocycles. The van der Waals surface area contributed by atoms with Crippen molar-refractivity contribution in [2.45, 2.75) is 46.2 Å². The van der Waals surface area contributed by atoms with Crippen molar-refractivity contribution < 1.29 is 9.53 Å². The number of amides is 1. The molecule has 0 spiro atoms. The number of nitrogen functional groups attached to an aromatic ring is 1. The Morgan fingerprint density at radius 3 is 2.60 bits per heavy atom. The standard InChI is InChI=1S/C12H22N6O2/c1-5-6-20-12-17-10(13)16-11(18-12)15-8(4)9(19)14-7(2)3/h7-8H,5-6H2,1-4H3,(H,14,19)(H3,13,15,16,17,18). The highest BCUT2D eigenvalue weighted by Gasteiger charge is 2.15. The quantitative estimate of drug-likeness (QED) is 0.669. The highest BCUT2D eigenvalue weighted by atomic mass is 16.5. The van der Waals surface area contributed by atoms with E-state index in [9.17, 15) is 4.79 Å². The molecule has 1 unspecified atom stereocenters. The molecule has 0 bridgehead atoms. The summed E-state index contributed by atoms with van der Waals surface area (Å²) in [5.74, 6) is 0.120. The first-order valence-electron chi connectivity index (χ1n) is 6.63. The lowest BCUT2D eigenvalue weighted by molar-refractivity contribution is -0.122. The van der Waals surface area contributed by atoms with E-state index in [2.05, 4.69) is 25.6 Å². The van der Waals surface area contributed by atoms with Crippen LogP contribution >= 0.6 is 0 Å². The second-order valence-corrected chi connectivity index (χ2v) is 4.68. The number of aromatic nitrogens is 3. The van der Waals surface area contributed by atoms with Crippen molar-refractivity contribution in [2.24, 2.45) is 0 Å². The van der Waals surface area contributed by atoms with E-state index >= 15 is 0 Å². The van der Waals surface area contributed by atoms with Crippen LogP contribution in [-0.2, 0) is 4.79 Å². The number of nitrogens with zero attached hydrogens (tertiary/aromatic N) is 3. The molecule has 1 atom stereocenters. The van der Waals surface area contributed by atoms with Crippen molar-refractivity contribution >= 4 is 17.8 Å². The van der Waals surface area contributed by atoms with Crippen molar-refractivity contribution in [3.63, 3.8) is 0 Å². The minimum absolute atomic E-state index is 0.0464. The zero-order valence-corrected chi connectivity index (χ0v) is 12.3. The molecule has 0 aliphatic rings. The Hall–Kier alpha value is -2.12. The molecule has 8 heteroatoms. The SMILES string of the molecule is CCCOc1nc(N)nc(NC(C)C(=O)NC(C)C)n1. The Balaban J connectivity index is 2.71. The van der Waals surface area contributed by atoms with Crippen LogP contribution in [0.1, 0.15) is 34.1 Å². The van der Waals surface area contributed by atoms with Gasteiger partial charge in [-0.15, -0.1) is 0 Å².